The van der Waals surface area contributed by atoms with Gasteiger partial charge in [-0.25, -0.2) is 9.78 Å². The van der Waals surface area contributed by atoms with Gasteiger partial charge in [0.25, 0.3) is 0 Å². The third kappa shape index (κ3) is 6.60. The average Bonchev–Trinajstić information content (AvgIpc) is 3.64. The number of carbonyl (C=O) groups is 2. The summed E-state index contributed by atoms with van der Waals surface area (Å²) < 4.78 is 43.3. The molecule has 2 N–H and O–H groups in total. The fourth-order valence-corrected chi connectivity index (χ4v) is 5.97. The first-order chi connectivity index (χ1) is 22.2. The van der Waals surface area contributed by atoms with Crippen molar-refractivity contribution in [3.05, 3.63) is 63.4 Å². The third-order valence-corrected chi connectivity index (χ3v) is 7.95. The van der Waals surface area contributed by atoms with Crippen LogP contribution in [0.4, 0.5) is 10.2 Å². The number of nitrogens with zero attached hydrogens (tertiary/aromatic N) is 4. The van der Waals surface area contributed by atoms with E-state index in [2.05, 4.69) is 26.2 Å². The molecule has 1 fully saturated rings. The Kier molecular flexibility index (Phi) is 8.94. The van der Waals surface area contributed by atoms with Gasteiger partial charge in [0.15, 0.2) is 28.3 Å². The Morgan fingerprint density at radius 2 is 2.00 bits per heavy atom. The molecule has 47 heavy (non-hydrogen) atoms. The van der Waals surface area contributed by atoms with Gasteiger partial charge in [-0.1, -0.05) is 25.8 Å². The Hall–Kier alpha value is -5.07. The lowest BCUT2D eigenvalue weighted by Crippen LogP contribution is -2.44. The van der Waals surface area contributed by atoms with Crippen LogP contribution in [0.1, 0.15) is 68.1 Å². The van der Waals surface area contributed by atoms with E-state index in [-0.39, 0.29) is 47.9 Å². The fourth-order valence-electron chi connectivity index (χ4n) is 5.97. The number of halogens is 1. The molecular weight excluding hydrogens is 617 g/mol. The first kappa shape index (κ1) is 33.3. The number of hydrogen-bond acceptors (Lipinski definition) is 13. The Morgan fingerprint density at radius 1 is 1.26 bits per heavy atom. The van der Waals surface area contributed by atoms with Gasteiger partial charge in [0.1, 0.15) is 23.8 Å². The minimum atomic E-state index is -1.73. The van der Waals surface area contributed by atoms with E-state index in [1.807, 2.05) is 33.8 Å². The zero-order chi connectivity index (χ0) is 34.3. The number of aryl methyl sites for hydroxylation is 3. The second kappa shape index (κ2) is 12.6. The van der Waals surface area contributed by atoms with E-state index < -0.39 is 53.8 Å². The molecule has 0 amide bonds. The van der Waals surface area contributed by atoms with E-state index in [1.165, 1.54) is 24.7 Å². The number of nitrogens with one attached hydrogen (secondary N) is 1. The number of ether oxygens (including phenoxy) is 3. The van der Waals surface area contributed by atoms with Gasteiger partial charge < -0.3 is 33.5 Å². The predicted octanol–water partition coefficient (Wildman–Crippen LogP) is 3.54. The number of esters is 2. The largest absolute Gasteiger partial charge is 0.519 e. The van der Waals surface area contributed by atoms with Crippen LogP contribution >= 0.6 is 0 Å². The van der Waals surface area contributed by atoms with Gasteiger partial charge in [0.05, 0.1) is 25.9 Å². The summed E-state index contributed by atoms with van der Waals surface area (Å²) in [6.45, 7) is 9.49. The van der Waals surface area contributed by atoms with E-state index in [1.54, 1.807) is 6.07 Å². The van der Waals surface area contributed by atoms with Crippen molar-refractivity contribution in [3.63, 3.8) is 0 Å². The molecule has 4 aromatic rings. The zero-order valence-corrected chi connectivity index (χ0v) is 26.7. The minimum Gasteiger partial charge on any atom is -0.458 e. The van der Waals surface area contributed by atoms with Gasteiger partial charge in [-0.3, -0.25) is 14.2 Å². The Bertz CT molecular complexity index is 1960. The van der Waals surface area contributed by atoms with Crippen molar-refractivity contribution in [1.29, 1.82) is 0 Å². The molecule has 0 saturated carbocycles. The summed E-state index contributed by atoms with van der Waals surface area (Å²) in [5.74, 6) is 1.21. The lowest BCUT2D eigenvalue weighted by atomic mass is 9.78. The molecule has 3 atom stereocenters. The molecule has 1 saturated heterocycles. The number of imidazole rings is 1. The summed E-state index contributed by atoms with van der Waals surface area (Å²) in [6.07, 6.45) is 3.83. The highest BCUT2D eigenvalue weighted by Gasteiger charge is 2.51. The number of rotatable bonds is 10. The summed E-state index contributed by atoms with van der Waals surface area (Å²) >= 11 is 0. The molecule has 248 valence electrons. The molecule has 0 bridgehead atoms. The summed E-state index contributed by atoms with van der Waals surface area (Å²) in [5.41, 5.74) is 0.00376. The second-order valence-corrected chi connectivity index (χ2v) is 12.0. The molecule has 3 aromatic heterocycles. The second-order valence-electron chi connectivity index (χ2n) is 12.0. The van der Waals surface area contributed by atoms with Crippen molar-refractivity contribution in [2.75, 3.05) is 11.9 Å². The van der Waals surface area contributed by atoms with Crippen LogP contribution in [0, 0.1) is 39.2 Å². The number of carbonyl (C=O) groups excluding carboxylic acids is 2. The molecule has 15 heteroatoms. The lowest BCUT2D eigenvalue weighted by Gasteiger charge is -2.31. The third-order valence-electron chi connectivity index (χ3n) is 7.95. The lowest BCUT2D eigenvalue weighted by molar-refractivity contribution is -0.160. The van der Waals surface area contributed by atoms with Crippen molar-refractivity contribution in [2.45, 2.75) is 84.3 Å². The van der Waals surface area contributed by atoms with Crippen LogP contribution < -0.4 is 15.9 Å². The van der Waals surface area contributed by atoms with Crippen molar-refractivity contribution >= 4 is 28.9 Å². The number of aromatic nitrogens is 4. The van der Waals surface area contributed by atoms with Crippen LogP contribution in [0.5, 0.6) is 5.75 Å². The topological polar surface area (TPSA) is 181 Å². The number of terminal acetylenes is 1. The molecule has 1 aliphatic rings. The van der Waals surface area contributed by atoms with E-state index >= 15 is 0 Å². The zero-order valence-electron chi connectivity index (χ0n) is 26.7. The van der Waals surface area contributed by atoms with Gasteiger partial charge in [-0.2, -0.15) is 14.4 Å². The summed E-state index contributed by atoms with van der Waals surface area (Å²) in [5, 5.41) is 13.2. The normalized spacial score (nSPS) is 19.5. The maximum Gasteiger partial charge on any atom is 0.519 e. The summed E-state index contributed by atoms with van der Waals surface area (Å²) in [7, 11) is 0. The highest BCUT2D eigenvalue weighted by atomic mass is 19.1. The van der Waals surface area contributed by atoms with Gasteiger partial charge in [0, 0.05) is 24.3 Å². The molecule has 4 heterocycles. The Balaban J connectivity index is 1.38. The van der Waals surface area contributed by atoms with Gasteiger partial charge >= 0.3 is 23.8 Å². The number of hydrogen-bond donors (Lipinski definition) is 2. The van der Waals surface area contributed by atoms with Gasteiger partial charge in [-0.05, 0) is 38.0 Å². The molecule has 5 rings (SSSR count). The Labute approximate surface area is 268 Å². The molecule has 0 aliphatic carbocycles. The number of fused-ring (bicyclic) bond motifs is 1. The minimum absolute atomic E-state index is 0.00241. The molecule has 1 aliphatic heterocycles. The van der Waals surface area contributed by atoms with Crippen LogP contribution in [0.3, 0.4) is 0 Å². The summed E-state index contributed by atoms with van der Waals surface area (Å²) in [6, 6.07) is 3.67. The smallest absolute Gasteiger partial charge is 0.458 e. The first-order valence-electron chi connectivity index (χ1n) is 14.7. The van der Waals surface area contributed by atoms with E-state index in [0.717, 1.165) is 11.1 Å². The molecule has 0 radical (unpaired) electrons. The van der Waals surface area contributed by atoms with Crippen LogP contribution in [0.2, 0.25) is 0 Å². The fraction of sp³-hybridized carbons (Fsp3) is 0.438. The van der Waals surface area contributed by atoms with E-state index in [0.29, 0.717) is 11.3 Å². The van der Waals surface area contributed by atoms with Crippen LogP contribution in [0.15, 0.2) is 32.1 Å². The number of benzene rings is 1. The molecule has 14 nitrogen and oxygen atoms in total. The maximum atomic E-state index is 14.6. The van der Waals surface area contributed by atoms with Crippen molar-refractivity contribution in [1.82, 2.24) is 19.5 Å². The van der Waals surface area contributed by atoms with Crippen molar-refractivity contribution in [3.8, 4) is 18.1 Å². The highest BCUT2D eigenvalue weighted by Crippen LogP contribution is 2.42. The first-order valence-corrected chi connectivity index (χ1v) is 14.7. The standard InChI is InChI=1S/C32H34FN5O9/c1-8-32(14-39)22(46-24(41)12-31(6,7)25-17(3)9-16(2)10-20(25)44-19(5)40)11-23(47-32)38-15-35-26-27(36-29(33)37-28(26)38)34-13-21-18(4)43-30(42)45-21/h1,9-10,15,22-23,39H,11-14H2,2-7H3,(H,34,36,37)/t22-,23+,32+/m0/s1. The van der Waals surface area contributed by atoms with Crippen LogP contribution in [-0.4, -0.2) is 54.9 Å². The molecule has 1 aromatic carbocycles. The Morgan fingerprint density at radius 3 is 2.64 bits per heavy atom. The monoisotopic (exact) mass is 651 g/mol. The summed E-state index contributed by atoms with van der Waals surface area (Å²) in [4.78, 5) is 48.6. The van der Waals surface area contributed by atoms with Gasteiger partial charge in [0.2, 0.25) is 0 Å². The molecular formula is C32H34FN5O9. The SMILES string of the molecule is C#C[C@]1(CO)O[C@@H](n2cnc3c(NCc4oc(=O)oc4C)nc(F)nc32)C[C@@H]1OC(=O)CC(C)(C)c1c(C)cc(C)cc1OC(C)=O. The van der Waals surface area contributed by atoms with Crippen LogP contribution in [-0.2, 0) is 31.0 Å². The molecule has 0 unspecified atom stereocenters. The van der Waals surface area contributed by atoms with E-state index in [4.69, 9.17) is 29.5 Å². The van der Waals surface area contributed by atoms with Gasteiger partial charge in [-0.15, -0.1) is 6.42 Å². The number of aliphatic hydroxyl groups is 1. The quantitative estimate of drug-likeness (QED) is 0.110. The average molecular weight is 652 g/mol. The highest BCUT2D eigenvalue weighted by molar-refractivity contribution is 5.82. The number of aliphatic hydroxyl groups excluding tert-OH is 1. The number of anilines is 1. The predicted molar refractivity (Wildman–Crippen MR) is 163 cm³/mol. The van der Waals surface area contributed by atoms with E-state index in [9.17, 15) is 23.9 Å². The van der Waals surface area contributed by atoms with Crippen LogP contribution in [0.25, 0.3) is 11.2 Å². The molecule has 0 spiro atoms. The van der Waals surface area contributed by atoms with Crippen molar-refractivity contribution < 1.29 is 42.1 Å². The van der Waals surface area contributed by atoms with Crippen molar-refractivity contribution in [2.24, 2.45) is 0 Å². The maximum absolute atomic E-state index is 14.6.